The van der Waals surface area contributed by atoms with Crippen LogP contribution in [-0.4, -0.2) is 39.8 Å². The summed E-state index contributed by atoms with van der Waals surface area (Å²) in [5.41, 5.74) is 2.49. The molecular formula is C21H23N3O2. The molecule has 2 atom stereocenters. The van der Waals surface area contributed by atoms with Crippen molar-refractivity contribution < 1.29 is 9.59 Å². The first-order valence-corrected chi connectivity index (χ1v) is 9.22. The second-order valence-electron chi connectivity index (χ2n) is 7.34. The highest BCUT2D eigenvalue weighted by atomic mass is 16.2. The minimum atomic E-state index is -0.0599. The minimum Gasteiger partial charge on any atom is -0.349 e. The molecule has 2 fully saturated rings. The van der Waals surface area contributed by atoms with E-state index in [1.807, 2.05) is 31.2 Å². The Balaban J connectivity index is 1.44. The van der Waals surface area contributed by atoms with Crippen molar-refractivity contribution in [2.45, 2.75) is 50.7 Å². The number of rotatable bonds is 3. The Kier molecular flexibility index (Phi) is 4.45. The highest BCUT2D eigenvalue weighted by Gasteiger charge is 2.43. The number of benzene rings is 1. The van der Waals surface area contributed by atoms with Crippen molar-refractivity contribution in [3.8, 4) is 0 Å². The summed E-state index contributed by atoms with van der Waals surface area (Å²) < 4.78 is 0. The van der Waals surface area contributed by atoms with Gasteiger partial charge in [-0.05, 0) is 56.9 Å². The first-order valence-electron chi connectivity index (χ1n) is 9.22. The average molecular weight is 349 g/mol. The second kappa shape index (κ2) is 6.90. The Morgan fingerprint density at radius 3 is 2.38 bits per heavy atom. The summed E-state index contributed by atoms with van der Waals surface area (Å²) >= 11 is 0. The molecule has 2 amide bonds. The van der Waals surface area contributed by atoms with Crippen molar-refractivity contribution in [2.75, 3.05) is 0 Å². The van der Waals surface area contributed by atoms with Gasteiger partial charge in [0.25, 0.3) is 11.8 Å². The molecule has 0 saturated carbocycles. The molecule has 5 nitrogen and oxygen atoms in total. The number of fused-ring (bicyclic) bond motifs is 2. The molecule has 4 rings (SSSR count). The first kappa shape index (κ1) is 16.8. The molecule has 1 aromatic heterocycles. The van der Waals surface area contributed by atoms with E-state index < -0.39 is 0 Å². The van der Waals surface area contributed by atoms with E-state index in [2.05, 4.69) is 15.2 Å². The number of nitrogens with one attached hydrogen (secondary N) is 1. The molecule has 0 radical (unpaired) electrons. The molecule has 2 bridgehead atoms. The van der Waals surface area contributed by atoms with Crippen LogP contribution in [0, 0.1) is 6.92 Å². The number of aryl methyl sites for hydroxylation is 1. The van der Waals surface area contributed by atoms with Crippen LogP contribution >= 0.6 is 0 Å². The van der Waals surface area contributed by atoms with Gasteiger partial charge in [-0.15, -0.1) is 0 Å². The van der Waals surface area contributed by atoms with Gasteiger partial charge in [0.15, 0.2) is 0 Å². The number of aromatic nitrogens is 1. The van der Waals surface area contributed by atoms with Gasteiger partial charge in [0.05, 0.1) is 0 Å². The highest BCUT2D eigenvalue weighted by molar-refractivity contribution is 5.95. The number of hydrogen-bond acceptors (Lipinski definition) is 3. The van der Waals surface area contributed by atoms with Crippen molar-refractivity contribution in [3.05, 3.63) is 65.5 Å². The number of hydrogen-bond donors (Lipinski definition) is 1. The van der Waals surface area contributed by atoms with Gasteiger partial charge in [-0.1, -0.05) is 17.7 Å². The Bertz CT molecular complexity index is 807. The van der Waals surface area contributed by atoms with Crippen molar-refractivity contribution in [1.29, 1.82) is 0 Å². The van der Waals surface area contributed by atoms with Gasteiger partial charge >= 0.3 is 0 Å². The van der Waals surface area contributed by atoms with E-state index in [0.29, 0.717) is 5.56 Å². The lowest BCUT2D eigenvalue weighted by atomic mass is 9.95. The van der Waals surface area contributed by atoms with Crippen molar-refractivity contribution in [2.24, 2.45) is 0 Å². The van der Waals surface area contributed by atoms with Gasteiger partial charge in [-0.25, -0.2) is 0 Å². The molecule has 2 saturated heterocycles. The minimum absolute atomic E-state index is 0.0599. The van der Waals surface area contributed by atoms with Gasteiger partial charge in [-0.2, -0.15) is 0 Å². The number of carbonyl (C=O) groups excluding carboxylic acids is 2. The number of pyridine rings is 1. The van der Waals surface area contributed by atoms with Crippen LogP contribution in [-0.2, 0) is 0 Å². The number of carbonyl (C=O) groups is 2. The quantitative estimate of drug-likeness (QED) is 0.927. The van der Waals surface area contributed by atoms with E-state index in [9.17, 15) is 9.59 Å². The summed E-state index contributed by atoms with van der Waals surface area (Å²) in [5.74, 6) is 0.0652. The summed E-state index contributed by atoms with van der Waals surface area (Å²) in [6.07, 6.45) is 6.94. The molecule has 2 aliphatic heterocycles. The zero-order valence-electron chi connectivity index (χ0n) is 14.9. The molecule has 1 aromatic carbocycles. The normalized spacial score (nSPS) is 24.3. The molecular weight excluding hydrogens is 326 g/mol. The molecule has 134 valence electrons. The predicted molar refractivity (Wildman–Crippen MR) is 98.9 cm³/mol. The Hall–Kier alpha value is -2.69. The topological polar surface area (TPSA) is 62.3 Å². The Morgan fingerprint density at radius 1 is 1.04 bits per heavy atom. The fourth-order valence-corrected chi connectivity index (χ4v) is 4.33. The zero-order chi connectivity index (χ0) is 18.1. The summed E-state index contributed by atoms with van der Waals surface area (Å²) in [4.78, 5) is 31.4. The summed E-state index contributed by atoms with van der Waals surface area (Å²) in [5, 5.41) is 3.14. The maximum absolute atomic E-state index is 13.0. The smallest absolute Gasteiger partial charge is 0.254 e. The fraction of sp³-hybridized carbons (Fsp3) is 0.381. The molecule has 0 aliphatic carbocycles. The maximum atomic E-state index is 13.0. The largest absolute Gasteiger partial charge is 0.349 e. The number of amides is 2. The van der Waals surface area contributed by atoms with Crippen LogP contribution in [0.3, 0.4) is 0 Å². The maximum Gasteiger partial charge on any atom is 0.254 e. The molecule has 5 heteroatoms. The zero-order valence-corrected chi connectivity index (χ0v) is 14.9. The molecule has 3 heterocycles. The van der Waals surface area contributed by atoms with Gasteiger partial charge in [0.2, 0.25) is 0 Å². The molecule has 2 aliphatic rings. The van der Waals surface area contributed by atoms with Gasteiger partial charge < -0.3 is 10.2 Å². The van der Waals surface area contributed by atoms with E-state index in [4.69, 9.17) is 0 Å². The predicted octanol–water partition coefficient (Wildman–Crippen LogP) is 2.96. The van der Waals surface area contributed by atoms with Gasteiger partial charge in [0.1, 0.15) is 0 Å². The third kappa shape index (κ3) is 3.21. The van der Waals surface area contributed by atoms with Crippen LogP contribution in [0.25, 0.3) is 0 Å². The lowest BCUT2D eigenvalue weighted by Gasteiger charge is -2.39. The van der Waals surface area contributed by atoms with Crippen LogP contribution in [0.1, 0.15) is 52.0 Å². The molecule has 1 N–H and O–H groups in total. The van der Waals surface area contributed by atoms with E-state index in [-0.39, 0.29) is 29.9 Å². The third-order valence-corrected chi connectivity index (χ3v) is 5.51. The van der Waals surface area contributed by atoms with E-state index in [1.54, 1.807) is 24.5 Å². The van der Waals surface area contributed by atoms with Gasteiger partial charge in [0, 0.05) is 41.6 Å². The summed E-state index contributed by atoms with van der Waals surface area (Å²) in [6, 6.07) is 11.8. The van der Waals surface area contributed by atoms with E-state index in [1.165, 1.54) is 0 Å². The van der Waals surface area contributed by atoms with Crippen LogP contribution in [0.15, 0.2) is 48.8 Å². The van der Waals surface area contributed by atoms with E-state index >= 15 is 0 Å². The van der Waals surface area contributed by atoms with Crippen LogP contribution < -0.4 is 5.32 Å². The van der Waals surface area contributed by atoms with Crippen LogP contribution in [0.2, 0.25) is 0 Å². The number of nitrogens with zero attached hydrogens (tertiary/aromatic N) is 2. The second-order valence-corrected chi connectivity index (χ2v) is 7.34. The monoisotopic (exact) mass is 349 g/mol. The average Bonchev–Trinajstić information content (AvgIpc) is 2.92. The summed E-state index contributed by atoms with van der Waals surface area (Å²) in [6.45, 7) is 2.01. The first-order chi connectivity index (χ1) is 12.6. The Labute approximate surface area is 153 Å². The SMILES string of the molecule is Cc1cccc(C(=O)N2C3CCC2CC(NC(=O)c2ccncc2)C3)c1. The van der Waals surface area contributed by atoms with Crippen molar-refractivity contribution in [1.82, 2.24) is 15.2 Å². The lowest BCUT2D eigenvalue weighted by Crippen LogP contribution is -2.52. The Morgan fingerprint density at radius 2 is 1.73 bits per heavy atom. The molecule has 2 aromatic rings. The highest BCUT2D eigenvalue weighted by Crippen LogP contribution is 2.37. The number of piperidine rings is 1. The summed E-state index contributed by atoms with van der Waals surface area (Å²) in [7, 11) is 0. The molecule has 2 unspecified atom stereocenters. The van der Waals surface area contributed by atoms with Gasteiger partial charge in [-0.3, -0.25) is 14.6 Å². The third-order valence-electron chi connectivity index (χ3n) is 5.51. The van der Waals surface area contributed by atoms with Crippen molar-refractivity contribution in [3.63, 3.8) is 0 Å². The van der Waals surface area contributed by atoms with Crippen molar-refractivity contribution >= 4 is 11.8 Å². The van der Waals surface area contributed by atoms with Crippen LogP contribution in [0.4, 0.5) is 0 Å². The standard InChI is InChI=1S/C21H23N3O2/c1-14-3-2-4-16(11-14)21(26)24-18-5-6-19(24)13-17(12-18)23-20(25)15-7-9-22-10-8-15/h2-4,7-11,17-19H,5-6,12-13H2,1H3,(H,23,25). The van der Waals surface area contributed by atoms with Crippen LogP contribution in [0.5, 0.6) is 0 Å². The molecule has 26 heavy (non-hydrogen) atoms. The lowest BCUT2D eigenvalue weighted by molar-refractivity contribution is 0.0549. The molecule has 0 spiro atoms. The fourth-order valence-electron chi connectivity index (χ4n) is 4.33. The van der Waals surface area contributed by atoms with E-state index in [0.717, 1.165) is 36.8 Å².